The van der Waals surface area contributed by atoms with Gasteiger partial charge in [-0.05, 0) is 42.2 Å². The van der Waals surface area contributed by atoms with Crippen molar-refractivity contribution in [2.45, 2.75) is 25.3 Å². The fourth-order valence-corrected chi connectivity index (χ4v) is 3.12. The first-order valence-electron chi connectivity index (χ1n) is 4.80. The van der Waals surface area contributed by atoms with E-state index in [0.29, 0.717) is 11.2 Å². The zero-order chi connectivity index (χ0) is 10.1. The van der Waals surface area contributed by atoms with Crippen LogP contribution < -0.4 is 5.32 Å². The fourth-order valence-electron chi connectivity index (χ4n) is 2.07. The number of rotatable bonds is 2. The van der Waals surface area contributed by atoms with Gasteiger partial charge in [-0.25, -0.2) is 4.98 Å². The van der Waals surface area contributed by atoms with E-state index < -0.39 is 0 Å². The molecule has 0 amide bonds. The van der Waals surface area contributed by atoms with Crippen molar-refractivity contribution >= 4 is 27.5 Å². The Morgan fingerprint density at radius 2 is 2.50 bits per heavy atom. The van der Waals surface area contributed by atoms with Crippen molar-refractivity contribution in [3.05, 3.63) is 15.6 Å². The summed E-state index contributed by atoms with van der Waals surface area (Å²) in [6.07, 6.45) is 3.43. The molecule has 0 radical (unpaired) electrons. The van der Waals surface area contributed by atoms with E-state index in [1.165, 1.54) is 18.5 Å². The van der Waals surface area contributed by atoms with Gasteiger partial charge in [0.2, 0.25) is 0 Å². The van der Waals surface area contributed by atoms with Crippen molar-refractivity contribution in [3.8, 4) is 0 Å². The molecule has 1 aliphatic heterocycles. The summed E-state index contributed by atoms with van der Waals surface area (Å²) in [5.41, 5.74) is 1.17. The van der Waals surface area contributed by atoms with Crippen LogP contribution in [-0.2, 0) is 6.42 Å². The molecule has 78 valence electrons. The van der Waals surface area contributed by atoms with Crippen LogP contribution in [0.1, 0.15) is 24.6 Å². The van der Waals surface area contributed by atoms with Crippen LogP contribution in [0.25, 0.3) is 0 Å². The van der Waals surface area contributed by atoms with Crippen LogP contribution in [0.5, 0.6) is 0 Å². The Morgan fingerprint density at radius 1 is 1.71 bits per heavy atom. The second-order valence-corrected chi connectivity index (χ2v) is 4.66. The highest BCUT2D eigenvalue weighted by atomic mass is 79.9. The van der Waals surface area contributed by atoms with Gasteiger partial charge in [-0.15, -0.1) is 0 Å². The highest BCUT2D eigenvalue weighted by molar-refractivity contribution is 9.10. The van der Waals surface area contributed by atoms with Crippen molar-refractivity contribution in [2.24, 2.45) is 0 Å². The molecule has 1 aliphatic rings. The molecule has 1 aromatic rings. The number of imidazole rings is 1. The molecule has 0 aromatic carbocycles. The van der Waals surface area contributed by atoms with Gasteiger partial charge in [0.1, 0.15) is 0 Å². The molecule has 0 spiro atoms. The number of likely N-dealkylation sites (N-methyl/N-ethyl adjacent to an activating group) is 1. The van der Waals surface area contributed by atoms with Crippen LogP contribution in [0.15, 0.2) is 4.73 Å². The first-order valence-corrected chi connectivity index (χ1v) is 5.98. The van der Waals surface area contributed by atoms with Crippen LogP contribution >= 0.6 is 27.5 Å². The monoisotopic (exact) mass is 277 g/mol. The van der Waals surface area contributed by atoms with Crippen molar-refractivity contribution in [1.29, 1.82) is 0 Å². The van der Waals surface area contributed by atoms with Crippen molar-refractivity contribution < 1.29 is 0 Å². The normalized spacial score (nSPS) is 20.9. The van der Waals surface area contributed by atoms with E-state index in [1.807, 2.05) is 7.05 Å². The molecule has 0 fully saturated rings. The number of fused-ring (bicyclic) bond motifs is 1. The summed E-state index contributed by atoms with van der Waals surface area (Å²) >= 11 is 9.50. The molecule has 0 bridgehead atoms. The van der Waals surface area contributed by atoms with E-state index in [1.54, 1.807) is 0 Å². The quantitative estimate of drug-likeness (QED) is 0.900. The molecule has 0 saturated carbocycles. The van der Waals surface area contributed by atoms with Gasteiger partial charge < -0.3 is 9.88 Å². The number of hydrogen-bond acceptors (Lipinski definition) is 2. The average molecular weight is 279 g/mol. The predicted octanol–water partition coefficient (Wildman–Crippen LogP) is 2.40. The molecule has 1 aromatic heterocycles. The molecule has 14 heavy (non-hydrogen) atoms. The molecule has 2 heterocycles. The minimum Gasteiger partial charge on any atom is -0.318 e. The molecule has 5 heteroatoms. The molecule has 1 N–H and O–H groups in total. The number of halogens is 2. The molecular weight excluding hydrogens is 265 g/mol. The van der Waals surface area contributed by atoms with Gasteiger partial charge in [0, 0.05) is 12.6 Å². The van der Waals surface area contributed by atoms with Gasteiger partial charge in [-0.2, -0.15) is 0 Å². The number of nitrogens with zero attached hydrogens (tertiary/aromatic N) is 2. The smallest absolute Gasteiger partial charge is 0.179 e. The summed E-state index contributed by atoms with van der Waals surface area (Å²) < 4.78 is 3.07. The zero-order valence-electron chi connectivity index (χ0n) is 8.06. The Kier molecular flexibility index (Phi) is 3.14. The lowest BCUT2D eigenvalue weighted by atomic mass is 10.0. The van der Waals surface area contributed by atoms with Gasteiger partial charge in [0.05, 0.1) is 5.69 Å². The van der Waals surface area contributed by atoms with Gasteiger partial charge in [0.15, 0.2) is 9.89 Å². The number of hydrogen-bond donors (Lipinski definition) is 1. The summed E-state index contributed by atoms with van der Waals surface area (Å²) in [5, 5.41) is 3.85. The predicted molar refractivity (Wildman–Crippen MR) is 60.8 cm³/mol. The second kappa shape index (κ2) is 4.21. The minimum absolute atomic E-state index is 0.484. The van der Waals surface area contributed by atoms with E-state index in [0.717, 1.165) is 17.7 Å². The third kappa shape index (κ3) is 1.71. The minimum atomic E-state index is 0.484. The van der Waals surface area contributed by atoms with Gasteiger partial charge in [0.25, 0.3) is 0 Å². The topological polar surface area (TPSA) is 29.9 Å². The van der Waals surface area contributed by atoms with Crippen LogP contribution in [0.2, 0.25) is 5.15 Å². The Bertz CT molecular complexity index is 337. The Morgan fingerprint density at radius 3 is 3.21 bits per heavy atom. The largest absolute Gasteiger partial charge is 0.318 e. The summed E-state index contributed by atoms with van der Waals surface area (Å²) in [6.45, 7) is 0.971. The van der Waals surface area contributed by atoms with Crippen LogP contribution in [0.4, 0.5) is 0 Å². The average Bonchev–Trinajstić information content (AvgIpc) is 2.44. The lowest BCUT2D eigenvalue weighted by Gasteiger charge is -2.26. The SMILES string of the molecule is CNCC1CCCc2c(Cl)nc(Br)n21. The molecule has 2 rings (SSSR count). The fraction of sp³-hybridized carbons (Fsp3) is 0.667. The van der Waals surface area contributed by atoms with Crippen LogP contribution in [0, 0.1) is 0 Å². The van der Waals surface area contributed by atoms with Crippen LogP contribution in [0.3, 0.4) is 0 Å². The maximum Gasteiger partial charge on any atom is 0.179 e. The third-order valence-electron chi connectivity index (χ3n) is 2.67. The lowest BCUT2D eigenvalue weighted by molar-refractivity contribution is 0.384. The van der Waals surface area contributed by atoms with Crippen molar-refractivity contribution in [3.63, 3.8) is 0 Å². The second-order valence-electron chi connectivity index (χ2n) is 3.59. The number of nitrogens with one attached hydrogen (secondary N) is 1. The van der Waals surface area contributed by atoms with Gasteiger partial charge in [-0.3, -0.25) is 0 Å². The zero-order valence-corrected chi connectivity index (χ0v) is 10.4. The van der Waals surface area contributed by atoms with E-state index in [4.69, 9.17) is 11.6 Å². The highest BCUT2D eigenvalue weighted by Gasteiger charge is 2.24. The summed E-state index contributed by atoms with van der Waals surface area (Å²) in [7, 11) is 1.97. The molecule has 0 aliphatic carbocycles. The Labute approximate surface area is 97.0 Å². The van der Waals surface area contributed by atoms with Gasteiger partial charge in [-0.1, -0.05) is 11.6 Å². The standard InChI is InChI=1S/C9H13BrClN3/c1-12-5-6-3-2-4-7-8(11)13-9(10)14(6)7/h6,12H,2-5H2,1H3. The summed E-state index contributed by atoms with van der Waals surface area (Å²) in [6, 6.07) is 0.484. The first-order chi connectivity index (χ1) is 6.74. The lowest BCUT2D eigenvalue weighted by Crippen LogP contribution is -2.26. The Hall–Kier alpha value is -0.0600. The maximum absolute atomic E-state index is 6.05. The van der Waals surface area contributed by atoms with Gasteiger partial charge >= 0.3 is 0 Å². The molecule has 3 nitrogen and oxygen atoms in total. The van der Waals surface area contributed by atoms with E-state index in [-0.39, 0.29) is 0 Å². The van der Waals surface area contributed by atoms with Crippen LogP contribution in [-0.4, -0.2) is 23.1 Å². The van der Waals surface area contributed by atoms with E-state index >= 15 is 0 Å². The molecular formula is C9H13BrClN3. The third-order valence-corrected chi connectivity index (χ3v) is 3.54. The molecule has 1 atom stereocenters. The molecule has 0 saturated heterocycles. The van der Waals surface area contributed by atoms with E-state index in [9.17, 15) is 0 Å². The van der Waals surface area contributed by atoms with Crippen molar-refractivity contribution in [1.82, 2.24) is 14.9 Å². The first kappa shape index (κ1) is 10.5. The highest BCUT2D eigenvalue weighted by Crippen LogP contribution is 2.32. The Balaban J connectivity index is 2.37. The summed E-state index contributed by atoms with van der Waals surface area (Å²) in [5.74, 6) is 0. The molecule has 1 unspecified atom stereocenters. The van der Waals surface area contributed by atoms with Crippen molar-refractivity contribution in [2.75, 3.05) is 13.6 Å². The number of aromatic nitrogens is 2. The summed E-state index contributed by atoms with van der Waals surface area (Å²) in [4.78, 5) is 4.24. The van der Waals surface area contributed by atoms with E-state index in [2.05, 4.69) is 30.8 Å². The maximum atomic E-state index is 6.05.